The molecule has 0 radical (unpaired) electrons. The molecule has 0 unspecified atom stereocenters. The van der Waals surface area contributed by atoms with Gasteiger partial charge >= 0.3 is 6.18 Å². The third-order valence-electron chi connectivity index (χ3n) is 4.55. The second-order valence-corrected chi connectivity index (χ2v) is 8.87. The van der Waals surface area contributed by atoms with Gasteiger partial charge in [0.1, 0.15) is 5.75 Å². The monoisotopic (exact) mass is 478 g/mol. The van der Waals surface area contributed by atoms with Crippen LogP contribution in [0.1, 0.15) is 15.9 Å². The zero-order valence-corrected chi connectivity index (χ0v) is 17.8. The van der Waals surface area contributed by atoms with Crippen molar-refractivity contribution in [2.75, 3.05) is 38.7 Å². The number of methoxy groups -OCH3 is 1. The van der Waals surface area contributed by atoms with Crippen molar-refractivity contribution in [3.63, 3.8) is 0 Å². The Morgan fingerprint density at radius 1 is 1.16 bits per heavy atom. The summed E-state index contributed by atoms with van der Waals surface area (Å²) in [6, 6.07) is 6.64. The molecule has 0 atom stereocenters. The van der Waals surface area contributed by atoms with Gasteiger partial charge < -0.3 is 14.8 Å². The molecule has 1 heterocycles. The maximum Gasteiger partial charge on any atom is 0.417 e. The number of nitrogens with zero attached hydrogens (tertiary/aromatic N) is 1. The van der Waals surface area contributed by atoms with Crippen LogP contribution >= 0.6 is 11.6 Å². The highest BCUT2D eigenvalue weighted by Crippen LogP contribution is 2.36. The van der Waals surface area contributed by atoms with E-state index in [0.717, 1.165) is 12.1 Å². The Labute approximate surface area is 181 Å². The molecule has 0 aliphatic carbocycles. The van der Waals surface area contributed by atoms with Gasteiger partial charge in [-0.2, -0.15) is 17.5 Å². The van der Waals surface area contributed by atoms with Gasteiger partial charge in [-0.15, -0.1) is 0 Å². The fourth-order valence-electron chi connectivity index (χ4n) is 2.98. The quantitative estimate of drug-likeness (QED) is 0.709. The van der Waals surface area contributed by atoms with E-state index in [4.69, 9.17) is 21.1 Å². The first-order valence-electron chi connectivity index (χ1n) is 8.98. The van der Waals surface area contributed by atoms with Crippen molar-refractivity contribution in [3.05, 3.63) is 52.5 Å². The Kier molecular flexibility index (Phi) is 6.79. The Hall–Kier alpha value is -2.34. The van der Waals surface area contributed by atoms with Crippen LogP contribution < -0.4 is 10.1 Å². The number of halogens is 4. The van der Waals surface area contributed by atoms with Gasteiger partial charge in [-0.05, 0) is 36.4 Å². The number of nitrogens with one attached hydrogen (secondary N) is 1. The smallest absolute Gasteiger partial charge is 0.417 e. The number of sulfonamides is 1. The molecule has 2 aromatic carbocycles. The van der Waals surface area contributed by atoms with Gasteiger partial charge in [0.05, 0.1) is 41.4 Å². The van der Waals surface area contributed by atoms with Gasteiger partial charge in [0, 0.05) is 18.8 Å². The molecule has 1 saturated heterocycles. The standard InChI is InChI=1S/C19H18ClF3N2O5S/c1-29-17-5-3-13(31(27,28)25-6-8-30-9-7-25)11-14(17)18(26)24-12-2-4-16(20)15(10-12)19(21,22)23/h2-5,10-11H,6-9H2,1H3,(H,24,26). The number of rotatable bonds is 5. The Bertz CT molecular complexity index is 1090. The van der Waals surface area contributed by atoms with E-state index < -0.39 is 32.7 Å². The van der Waals surface area contributed by atoms with Gasteiger partial charge in [-0.1, -0.05) is 11.6 Å². The highest BCUT2D eigenvalue weighted by Gasteiger charge is 2.33. The lowest BCUT2D eigenvalue weighted by Crippen LogP contribution is -2.40. The van der Waals surface area contributed by atoms with E-state index in [1.165, 1.54) is 29.6 Å². The van der Waals surface area contributed by atoms with E-state index in [1.54, 1.807) is 0 Å². The average molecular weight is 479 g/mol. The lowest BCUT2D eigenvalue weighted by molar-refractivity contribution is -0.137. The van der Waals surface area contributed by atoms with E-state index in [0.29, 0.717) is 6.07 Å². The van der Waals surface area contributed by atoms with Crippen molar-refractivity contribution < 1.29 is 35.9 Å². The number of anilines is 1. The largest absolute Gasteiger partial charge is 0.496 e. The van der Waals surface area contributed by atoms with Crippen LogP contribution in [0.4, 0.5) is 18.9 Å². The molecule has 7 nitrogen and oxygen atoms in total. The van der Waals surface area contributed by atoms with Crippen LogP contribution in [0.25, 0.3) is 0 Å². The lowest BCUT2D eigenvalue weighted by Gasteiger charge is -2.26. The van der Waals surface area contributed by atoms with E-state index in [1.807, 2.05) is 0 Å². The summed E-state index contributed by atoms with van der Waals surface area (Å²) in [7, 11) is -2.61. The molecule has 0 aromatic heterocycles. The summed E-state index contributed by atoms with van der Waals surface area (Å²) in [5, 5.41) is 1.81. The predicted molar refractivity (Wildman–Crippen MR) is 107 cm³/mol. The topological polar surface area (TPSA) is 84.9 Å². The van der Waals surface area contributed by atoms with Crippen LogP contribution in [0.15, 0.2) is 41.3 Å². The number of benzene rings is 2. The third kappa shape index (κ3) is 5.12. The maximum atomic E-state index is 13.1. The molecule has 0 saturated carbocycles. The first-order chi connectivity index (χ1) is 14.5. The van der Waals surface area contributed by atoms with Gasteiger partial charge in [0.15, 0.2) is 0 Å². The Morgan fingerprint density at radius 2 is 1.84 bits per heavy atom. The second-order valence-electron chi connectivity index (χ2n) is 6.53. The molecule has 0 spiro atoms. The molecule has 1 N–H and O–H groups in total. The summed E-state index contributed by atoms with van der Waals surface area (Å²) in [5.74, 6) is -0.783. The molecule has 31 heavy (non-hydrogen) atoms. The highest BCUT2D eigenvalue weighted by molar-refractivity contribution is 7.89. The Morgan fingerprint density at radius 3 is 2.45 bits per heavy atom. The first kappa shape index (κ1) is 23.3. The summed E-state index contributed by atoms with van der Waals surface area (Å²) >= 11 is 5.59. The summed E-state index contributed by atoms with van der Waals surface area (Å²) in [4.78, 5) is 12.6. The summed E-state index contributed by atoms with van der Waals surface area (Å²) < 4.78 is 76.5. The van der Waals surface area contributed by atoms with Crippen LogP contribution in [0, 0.1) is 0 Å². The Balaban J connectivity index is 1.93. The van der Waals surface area contributed by atoms with Crippen molar-refractivity contribution in [3.8, 4) is 5.75 Å². The van der Waals surface area contributed by atoms with Gasteiger partial charge in [0.25, 0.3) is 5.91 Å². The minimum absolute atomic E-state index is 0.0587. The molecule has 2 aromatic rings. The minimum Gasteiger partial charge on any atom is -0.496 e. The van der Waals surface area contributed by atoms with Crippen molar-refractivity contribution in [2.45, 2.75) is 11.1 Å². The molecular formula is C19H18ClF3N2O5S. The molecular weight excluding hydrogens is 461 g/mol. The average Bonchev–Trinajstić information content (AvgIpc) is 2.74. The molecule has 1 amide bonds. The molecule has 3 rings (SSSR count). The van der Waals surface area contributed by atoms with Gasteiger partial charge in [-0.3, -0.25) is 4.79 Å². The van der Waals surface area contributed by atoms with Crippen LogP contribution in [0.5, 0.6) is 5.75 Å². The lowest BCUT2D eigenvalue weighted by atomic mass is 10.1. The number of hydrogen-bond donors (Lipinski definition) is 1. The van der Waals surface area contributed by atoms with E-state index in [9.17, 15) is 26.4 Å². The number of carbonyl (C=O) groups is 1. The van der Waals surface area contributed by atoms with E-state index in [-0.39, 0.29) is 48.2 Å². The summed E-state index contributed by atoms with van der Waals surface area (Å²) in [6.45, 7) is 0.837. The summed E-state index contributed by atoms with van der Waals surface area (Å²) in [6.07, 6.45) is -4.71. The van der Waals surface area contributed by atoms with Crippen molar-refractivity contribution in [1.82, 2.24) is 4.31 Å². The summed E-state index contributed by atoms with van der Waals surface area (Å²) in [5.41, 5.74) is -1.42. The highest BCUT2D eigenvalue weighted by atomic mass is 35.5. The molecule has 1 fully saturated rings. The predicted octanol–water partition coefficient (Wildman–Crippen LogP) is 3.64. The van der Waals surface area contributed by atoms with Gasteiger partial charge in [0.2, 0.25) is 10.0 Å². The third-order valence-corrected chi connectivity index (χ3v) is 6.78. The fourth-order valence-corrected chi connectivity index (χ4v) is 4.64. The van der Waals surface area contributed by atoms with Crippen LogP contribution in [-0.2, 0) is 20.9 Å². The number of morpholine rings is 1. The molecule has 168 valence electrons. The van der Waals surface area contributed by atoms with Crippen molar-refractivity contribution in [2.24, 2.45) is 0 Å². The maximum absolute atomic E-state index is 13.1. The number of alkyl halides is 3. The van der Waals surface area contributed by atoms with Crippen LogP contribution in [0.3, 0.4) is 0 Å². The van der Waals surface area contributed by atoms with Crippen LogP contribution in [-0.4, -0.2) is 52.0 Å². The molecule has 1 aliphatic heterocycles. The van der Waals surface area contributed by atoms with E-state index >= 15 is 0 Å². The zero-order valence-electron chi connectivity index (χ0n) is 16.2. The second kappa shape index (κ2) is 9.03. The molecule has 12 heteroatoms. The number of hydrogen-bond acceptors (Lipinski definition) is 5. The zero-order chi connectivity index (χ0) is 22.8. The fraction of sp³-hybridized carbons (Fsp3) is 0.316. The van der Waals surface area contributed by atoms with Crippen LogP contribution in [0.2, 0.25) is 5.02 Å². The number of amides is 1. The normalized spacial score (nSPS) is 15.5. The number of ether oxygens (including phenoxy) is 2. The first-order valence-corrected chi connectivity index (χ1v) is 10.8. The molecule has 1 aliphatic rings. The molecule has 0 bridgehead atoms. The van der Waals surface area contributed by atoms with Crippen molar-refractivity contribution in [1.29, 1.82) is 0 Å². The van der Waals surface area contributed by atoms with E-state index in [2.05, 4.69) is 5.32 Å². The van der Waals surface area contributed by atoms with Gasteiger partial charge in [-0.25, -0.2) is 8.42 Å². The van der Waals surface area contributed by atoms with Crippen molar-refractivity contribution >= 4 is 33.2 Å². The SMILES string of the molecule is COc1ccc(S(=O)(=O)N2CCOCC2)cc1C(=O)Nc1ccc(Cl)c(C(F)(F)F)c1. The minimum atomic E-state index is -4.71. The number of carbonyl (C=O) groups excluding carboxylic acids is 1.